The van der Waals surface area contributed by atoms with Crippen molar-refractivity contribution in [2.24, 2.45) is 13.0 Å². The molecule has 2 aromatic rings. The van der Waals surface area contributed by atoms with E-state index in [2.05, 4.69) is 10.00 Å². The van der Waals surface area contributed by atoms with Gasteiger partial charge in [0.2, 0.25) is 0 Å². The van der Waals surface area contributed by atoms with Gasteiger partial charge < -0.3 is 4.90 Å². The van der Waals surface area contributed by atoms with Gasteiger partial charge in [-0.3, -0.25) is 9.48 Å². The highest BCUT2D eigenvalue weighted by Gasteiger charge is 2.36. The molecule has 23 heavy (non-hydrogen) atoms. The first kappa shape index (κ1) is 14.9. The summed E-state index contributed by atoms with van der Waals surface area (Å²) in [5.74, 6) is 0.961. The van der Waals surface area contributed by atoms with E-state index >= 15 is 0 Å². The van der Waals surface area contributed by atoms with Crippen LogP contribution in [0.4, 0.5) is 0 Å². The molecule has 4 rings (SSSR count). The molecule has 1 aliphatic heterocycles. The highest BCUT2D eigenvalue weighted by atomic mass is 32.1. The van der Waals surface area contributed by atoms with E-state index < -0.39 is 0 Å². The average Bonchev–Trinajstić information content (AvgIpc) is 3.22. The Morgan fingerprint density at radius 1 is 1.26 bits per heavy atom. The summed E-state index contributed by atoms with van der Waals surface area (Å²) in [6, 6.07) is 4.51. The van der Waals surface area contributed by atoms with Crippen molar-refractivity contribution in [2.45, 2.75) is 44.6 Å². The van der Waals surface area contributed by atoms with E-state index in [1.165, 1.54) is 32.1 Å². The molecule has 1 saturated carbocycles. The number of carbonyl (C=O) groups excluding carboxylic acids is 1. The molecule has 122 valence electrons. The van der Waals surface area contributed by atoms with Crippen LogP contribution in [0.25, 0.3) is 10.6 Å². The van der Waals surface area contributed by atoms with Gasteiger partial charge in [-0.25, -0.2) is 0 Å². The Kier molecular flexibility index (Phi) is 3.97. The Labute approximate surface area is 141 Å². The van der Waals surface area contributed by atoms with Crippen LogP contribution < -0.4 is 0 Å². The average molecular weight is 329 g/mol. The smallest absolute Gasteiger partial charge is 0.254 e. The van der Waals surface area contributed by atoms with E-state index in [-0.39, 0.29) is 5.91 Å². The fraction of sp³-hybridized carbons (Fsp3) is 0.556. The largest absolute Gasteiger partial charge is 0.335 e. The molecule has 2 aliphatic rings. The van der Waals surface area contributed by atoms with Gasteiger partial charge in [0.15, 0.2) is 0 Å². The predicted molar refractivity (Wildman–Crippen MR) is 92.5 cm³/mol. The zero-order valence-electron chi connectivity index (χ0n) is 13.6. The molecule has 1 saturated heterocycles. The van der Waals surface area contributed by atoms with Gasteiger partial charge in [-0.2, -0.15) is 5.10 Å². The van der Waals surface area contributed by atoms with Crippen molar-refractivity contribution >= 4 is 17.2 Å². The first-order chi connectivity index (χ1) is 11.2. The van der Waals surface area contributed by atoms with Gasteiger partial charge in [-0.1, -0.05) is 12.8 Å². The lowest BCUT2D eigenvalue weighted by Crippen LogP contribution is -2.49. The van der Waals surface area contributed by atoms with E-state index in [4.69, 9.17) is 0 Å². The van der Waals surface area contributed by atoms with Gasteiger partial charge in [0, 0.05) is 31.2 Å². The lowest BCUT2D eigenvalue weighted by molar-refractivity contribution is 0.0391. The number of rotatable bonds is 2. The van der Waals surface area contributed by atoms with E-state index in [0.717, 1.165) is 35.0 Å². The lowest BCUT2D eigenvalue weighted by atomic mass is 9.78. The quantitative estimate of drug-likeness (QED) is 0.837. The Balaban J connectivity index is 1.57. The van der Waals surface area contributed by atoms with Gasteiger partial charge in [0.05, 0.1) is 16.1 Å². The minimum atomic E-state index is 0.228. The monoisotopic (exact) mass is 329 g/mol. The van der Waals surface area contributed by atoms with Crippen molar-refractivity contribution in [1.82, 2.24) is 14.7 Å². The van der Waals surface area contributed by atoms with Crippen LogP contribution in [-0.4, -0.2) is 33.2 Å². The SMILES string of the molecule is Cn1nccc1-c1cc(C(=O)N2CCCC3CCCCC32)cs1. The second-order valence-electron chi connectivity index (χ2n) is 6.79. The van der Waals surface area contributed by atoms with Crippen LogP contribution in [0.3, 0.4) is 0 Å². The number of hydrogen-bond acceptors (Lipinski definition) is 3. The standard InChI is InChI=1S/C18H23N3OS/c1-20-16(8-9-19-20)17-11-14(12-23-17)18(22)21-10-4-6-13-5-2-3-7-15(13)21/h8-9,11-13,15H,2-7,10H2,1H3. The molecule has 2 fully saturated rings. The zero-order chi connectivity index (χ0) is 15.8. The van der Waals surface area contributed by atoms with Crippen LogP contribution in [0, 0.1) is 5.92 Å². The molecule has 0 N–H and O–H groups in total. The number of likely N-dealkylation sites (tertiary alicyclic amines) is 1. The molecule has 5 heteroatoms. The van der Waals surface area contributed by atoms with Crippen LogP contribution in [-0.2, 0) is 7.05 Å². The molecule has 0 radical (unpaired) electrons. The highest BCUT2D eigenvalue weighted by molar-refractivity contribution is 7.13. The topological polar surface area (TPSA) is 38.1 Å². The minimum Gasteiger partial charge on any atom is -0.335 e. The summed E-state index contributed by atoms with van der Waals surface area (Å²) in [5, 5.41) is 6.23. The normalized spacial score (nSPS) is 24.5. The molecular weight excluding hydrogens is 306 g/mol. The van der Waals surface area contributed by atoms with E-state index in [9.17, 15) is 4.79 Å². The predicted octanol–water partition coefficient (Wildman–Crippen LogP) is 3.94. The van der Waals surface area contributed by atoms with Crippen LogP contribution >= 0.6 is 11.3 Å². The van der Waals surface area contributed by atoms with Crippen molar-refractivity contribution in [3.8, 4) is 10.6 Å². The molecule has 3 heterocycles. The summed E-state index contributed by atoms with van der Waals surface area (Å²) < 4.78 is 1.86. The third kappa shape index (κ3) is 2.71. The first-order valence-corrected chi connectivity index (χ1v) is 9.50. The maximum absolute atomic E-state index is 13.0. The number of hydrogen-bond donors (Lipinski definition) is 0. The number of carbonyl (C=O) groups is 1. The molecule has 2 aromatic heterocycles. The zero-order valence-corrected chi connectivity index (χ0v) is 14.4. The second-order valence-corrected chi connectivity index (χ2v) is 7.70. The van der Waals surface area contributed by atoms with Crippen LogP contribution in [0.2, 0.25) is 0 Å². The number of amides is 1. The second kappa shape index (κ2) is 6.11. The lowest BCUT2D eigenvalue weighted by Gasteiger charge is -2.44. The highest BCUT2D eigenvalue weighted by Crippen LogP contribution is 2.36. The van der Waals surface area contributed by atoms with E-state index in [1.807, 2.05) is 29.2 Å². The Morgan fingerprint density at radius 3 is 2.91 bits per heavy atom. The van der Waals surface area contributed by atoms with Crippen molar-refractivity contribution in [3.63, 3.8) is 0 Å². The summed E-state index contributed by atoms with van der Waals surface area (Å²) in [7, 11) is 1.94. The van der Waals surface area contributed by atoms with Crippen molar-refractivity contribution in [3.05, 3.63) is 29.3 Å². The molecule has 1 aliphatic carbocycles. The van der Waals surface area contributed by atoms with Gasteiger partial charge in [-0.15, -0.1) is 11.3 Å². The third-order valence-corrected chi connectivity index (χ3v) is 6.38. The number of nitrogens with zero attached hydrogens (tertiary/aromatic N) is 3. The van der Waals surface area contributed by atoms with E-state index in [0.29, 0.717) is 6.04 Å². The van der Waals surface area contributed by atoms with Crippen molar-refractivity contribution < 1.29 is 4.79 Å². The van der Waals surface area contributed by atoms with Crippen LogP contribution in [0.15, 0.2) is 23.7 Å². The molecule has 4 nitrogen and oxygen atoms in total. The molecule has 1 amide bonds. The van der Waals surface area contributed by atoms with Crippen molar-refractivity contribution in [1.29, 1.82) is 0 Å². The fourth-order valence-electron chi connectivity index (χ4n) is 4.24. The summed E-state index contributed by atoms with van der Waals surface area (Å²) in [6.45, 7) is 0.927. The maximum Gasteiger partial charge on any atom is 0.254 e. The summed E-state index contributed by atoms with van der Waals surface area (Å²) in [4.78, 5) is 16.3. The Hall–Kier alpha value is -1.62. The van der Waals surface area contributed by atoms with Gasteiger partial charge in [0.25, 0.3) is 5.91 Å². The maximum atomic E-state index is 13.0. The van der Waals surface area contributed by atoms with Crippen molar-refractivity contribution in [2.75, 3.05) is 6.54 Å². The first-order valence-electron chi connectivity index (χ1n) is 8.62. The Bertz CT molecular complexity index is 703. The number of thiophene rings is 1. The number of piperidine rings is 1. The molecule has 0 spiro atoms. The summed E-state index contributed by atoms with van der Waals surface area (Å²) >= 11 is 1.63. The van der Waals surface area contributed by atoms with Crippen LogP contribution in [0.1, 0.15) is 48.9 Å². The summed E-state index contributed by atoms with van der Waals surface area (Å²) in [5.41, 5.74) is 1.92. The van der Waals surface area contributed by atoms with Crippen LogP contribution in [0.5, 0.6) is 0 Å². The van der Waals surface area contributed by atoms with Gasteiger partial charge >= 0.3 is 0 Å². The molecule has 2 atom stereocenters. The number of fused-ring (bicyclic) bond motifs is 1. The fourth-order valence-corrected chi connectivity index (χ4v) is 5.18. The van der Waals surface area contributed by atoms with E-state index in [1.54, 1.807) is 17.5 Å². The van der Waals surface area contributed by atoms with Gasteiger partial charge in [-0.05, 0) is 43.7 Å². The Morgan fingerprint density at radius 2 is 2.09 bits per heavy atom. The minimum absolute atomic E-state index is 0.228. The van der Waals surface area contributed by atoms with Gasteiger partial charge in [0.1, 0.15) is 0 Å². The molecular formula is C18H23N3OS. The number of aromatic nitrogens is 2. The summed E-state index contributed by atoms with van der Waals surface area (Å²) in [6.07, 6.45) is 9.37. The molecule has 2 unspecified atom stereocenters. The molecule has 0 bridgehead atoms. The third-order valence-electron chi connectivity index (χ3n) is 5.42. The number of aryl methyl sites for hydroxylation is 1. The molecule has 0 aromatic carbocycles.